The van der Waals surface area contributed by atoms with Gasteiger partial charge < -0.3 is 0 Å². The van der Waals surface area contributed by atoms with E-state index in [4.69, 9.17) is 0 Å². The fraction of sp³-hybridized carbons (Fsp3) is 0.806. The van der Waals surface area contributed by atoms with Gasteiger partial charge in [0.25, 0.3) is 0 Å². The zero-order valence-corrected chi connectivity index (χ0v) is 25.6. The summed E-state index contributed by atoms with van der Waals surface area (Å²) in [6.07, 6.45) is 32.4. The molecule has 0 N–H and O–H groups in total. The van der Waals surface area contributed by atoms with Gasteiger partial charge in [-0.05, 0) is 0 Å². The number of rotatable bonds is 23. The molecule has 0 spiro atoms. The molecule has 0 saturated heterocycles. The van der Waals surface area contributed by atoms with E-state index in [1.165, 1.54) is 122 Å². The second kappa shape index (κ2) is 23.8. The van der Waals surface area contributed by atoms with Gasteiger partial charge in [0.05, 0.1) is 0 Å². The molecule has 0 aliphatic heterocycles. The molecule has 1 unspecified atom stereocenters. The second-order valence-corrected chi connectivity index (χ2v) is 15.6. The molecular weight excluding hydrogens is 434 g/mol. The predicted molar refractivity (Wildman–Crippen MR) is 164 cm³/mol. The zero-order valence-electron chi connectivity index (χ0n) is 23.2. The zero-order chi connectivity index (χ0) is 23.2. The summed E-state index contributed by atoms with van der Waals surface area (Å²) in [5, 5.41) is 0. The minimum atomic E-state index is -1.24. The van der Waals surface area contributed by atoms with Crippen molar-refractivity contribution in [2.24, 2.45) is 0 Å². The molecular formula is C31H62P2. The summed E-state index contributed by atoms with van der Waals surface area (Å²) < 4.78 is 0. The van der Waals surface area contributed by atoms with Crippen LogP contribution in [0.5, 0.6) is 0 Å². The summed E-state index contributed by atoms with van der Waals surface area (Å²) in [4.78, 5) is 0. The van der Waals surface area contributed by atoms with Crippen molar-refractivity contribution in [1.82, 2.24) is 0 Å². The molecule has 1 aromatic rings. The first kappa shape index (κ1) is 33.1. The number of benzene rings is 1. The average Bonchev–Trinajstić information content (AvgIpc) is 2.81. The van der Waals surface area contributed by atoms with Gasteiger partial charge >= 0.3 is 204 Å². The van der Waals surface area contributed by atoms with Gasteiger partial charge in [-0.2, -0.15) is 9.90 Å². The first-order valence-corrected chi connectivity index (χ1v) is 17.6. The first-order chi connectivity index (χ1) is 15.8. The molecule has 0 heterocycles. The number of hydrogen-bond donors (Lipinski definition) is 0. The Morgan fingerprint density at radius 3 is 1.15 bits per heavy atom. The largest absolute Gasteiger partial charge is 0.153 e. The van der Waals surface area contributed by atoms with Crippen LogP contribution < -0.4 is 0 Å². The maximum absolute atomic E-state index is 2.42. The standard InChI is InChI=1S/C31H59P.H3P/c1-4-7-10-13-16-22-27-32(28-23-17-14-11-8-5-2,29-24-18-15-12-9-6-3)30-31-25-20-19-21-26-31;/h19-21,25-26,32H,4-18,22-24,27-30H2,1-3H3;1H3. The Bertz CT molecular complexity index is 458. The Labute approximate surface area is 213 Å². The van der Waals surface area contributed by atoms with Gasteiger partial charge in [-0.1, -0.05) is 0 Å². The Hall–Kier alpha value is 0.0800. The third kappa shape index (κ3) is 18.1. The van der Waals surface area contributed by atoms with E-state index in [1.807, 2.05) is 0 Å². The van der Waals surface area contributed by atoms with E-state index >= 15 is 0 Å². The minimum Gasteiger partial charge on any atom is -0.153 e. The van der Waals surface area contributed by atoms with Crippen molar-refractivity contribution in [3.05, 3.63) is 35.9 Å². The van der Waals surface area contributed by atoms with Crippen LogP contribution in [0.25, 0.3) is 0 Å². The van der Waals surface area contributed by atoms with E-state index in [1.54, 1.807) is 24.0 Å². The van der Waals surface area contributed by atoms with Crippen LogP contribution in [0, 0.1) is 0 Å². The van der Waals surface area contributed by atoms with Gasteiger partial charge in [0.1, 0.15) is 0 Å². The molecule has 0 aliphatic carbocycles. The number of unbranched alkanes of at least 4 members (excludes halogenated alkanes) is 15. The van der Waals surface area contributed by atoms with Crippen LogP contribution in [0.2, 0.25) is 0 Å². The average molecular weight is 497 g/mol. The van der Waals surface area contributed by atoms with Crippen molar-refractivity contribution in [3.63, 3.8) is 0 Å². The van der Waals surface area contributed by atoms with Crippen LogP contribution in [0.4, 0.5) is 0 Å². The first-order valence-electron chi connectivity index (χ1n) is 14.8. The smallest absolute Gasteiger partial charge is 0.153 e. The van der Waals surface area contributed by atoms with Crippen molar-refractivity contribution in [1.29, 1.82) is 0 Å². The van der Waals surface area contributed by atoms with E-state index in [0.717, 1.165) is 0 Å². The molecule has 2 heteroatoms. The third-order valence-electron chi connectivity index (χ3n) is 7.60. The van der Waals surface area contributed by atoms with Crippen LogP contribution >= 0.6 is 17.2 Å². The molecule has 1 aromatic carbocycles. The van der Waals surface area contributed by atoms with Gasteiger partial charge in [-0.15, -0.1) is 0 Å². The van der Waals surface area contributed by atoms with Gasteiger partial charge in [0.2, 0.25) is 0 Å². The second-order valence-electron chi connectivity index (χ2n) is 10.7. The maximum atomic E-state index is 2.42. The molecule has 0 amide bonds. The molecule has 0 saturated carbocycles. The van der Waals surface area contributed by atoms with E-state index < -0.39 is 7.26 Å². The number of hydrogen-bond acceptors (Lipinski definition) is 0. The van der Waals surface area contributed by atoms with Gasteiger partial charge in [-0.3, -0.25) is 0 Å². The van der Waals surface area contributed by atoms with Crippen LogP contribution in [-0.2, 0) is 6.16 Å². The fourth-order valence-electron chi connectivity index (χ4n) is 5.51. The Kier molecular flexibility index (Phi) is 23.9. The summed E-state index contributed by atoms with van der Waals surface area (Å²) in [6.45, 7) is 7.00. The van der Waals surface area contributed by atoms with E-state index in [-0.39, 0.29) is 9.90 Å². The Balaban J connectivity index is 0.0000102. The SMILES string of the molecule is CCCCCCCC[PH](CCCCCCCC)(CCCCCCCC)Cc1ccccc1.P. The molecule has 1 rings (SSSR count). The normalized spacial score (nSPS) is 12.0. The van der Waals surface area contributed by atoms with Crippen LogP contribution in [0.3, 0.4) is 0 Å². The van der Waals surface area contributed by atoms with Gasteiger partial charge in [-0.25, -0.2) is 0 Å². The third-order valence-corrected chi connectivity index (χ3v) is 13.0. The molecule has 33 heavy (non-hydrogen) atoms. The minimum absolute atomic E-state index is 0. The topological polar surface area (TPSA) is 0 Å². The molecule has 1 atom stereocenters. The van der Waals surface area contributed by atoms with E-state index in [0.29, 0.717) is 0 Å². The van der Waals surface area contributed by atoms with Crippen molar-refractivity contribution in [2.45, 2.75) is 143 Å². The summed E-state index contributed by atoms with van der Waals surface area (Å²) in [5.41, 5.74) is 1.64. The molecule has 0 aliphatic rings. The maximum Gasteiger partial charge on any atom is -0.153 e. The van der Waals surface area contributed by atoms with Crippen molar-refractivity contribution in [3.8, 4) is 0 Å². The molecule has 0 aromatic heterocycles. The van der Waals surface area contributed by atoms with Crippen LogP contribution in [-0.4, -0.2) is 18.5 Å². The predicted octanol–water partition coefficient (Wildman–Crippen LogP) is 11.1. The fourth-order valence-corrected chi connectivity index (χ4v) is 10.9. The van der Waals surface area contributed by atoms with Crippen LogP contribution in [0.1, 0.15) is 142 Å². The molecule has 196 valence electrons. The van der Waals surface area contributed by atoms with Crippen molar-refractivity contribution >= 4 is 17.2 Å². The molecule has 0 radical (unpaired) electrons. The summed E-state index contributed by atoms with van der Waals surface area (Å²) in [7, 11) is -1.24. The van der Waals surface area contributed by atoms with E-state index in [9.17, 15) is 0 Å². The van der Waals surface area contributed by atoms with Crippen LogP contribution in [0.15, 0.2) is 30.3 Å². The summed E-state index contributed by atoms with van der Waals surface area (Å²) >= 11 is 0. The van der Waals surface area contributed by atoms with Crippen molar-refractivity contribution < 1.29 is 0 Å². The Morgan fingerprint density at radius 2 is 0.788 bits per heavy atom. The molecule has 0 fully saturated rings. The van der Waals surface area contributed by atoms with Gasteiger partial charge in [0, 0.05) is 0 Å². The molecule has 0 bridgehead atoms. The summed E-state index contributed by atoms with van der Waals surface area (Å²) in [5.74, 6) is 0. The molecule has 0 nitrogen and oxygen atoms in total. The van der Waals surface area contributed by atoms with Crippen molar-refractivity contribution in [2.75, 3.05) is 18.5 Å². The monoisotopic (exact) mass is 496 g/mol. The quantitative estimate of drug-likeness (QED) is 0.104. The van der Waals surface area contributed by atoms with Gasteiger partial charge in [0.15, 0.2) is 0 Å². The summed E-state index contributed by atoms with van der Waals surface area (Å²) in [6, 6.07) is 11.6. The van der Waals surface area contributed by atoms with E-state index in [2.05, 4.69) is 51.1 Å². The Morgan fingerprint density at radius 1 is 0.455 bits per heavy atom.